The van der Waals surface area contributed by atoms with E-state index in [0.29, 0.717) is 18.7 Å². The molecule has 1 amide bonds. The molecule has 0 bridgehead atoms. The van der Waals surface area contributed by atoms with Crippen LogP contribution in [0, 0.1) is 0 Å². The second-order valence-electron chi connectivity index (χ2n) is 7.11. The molecule has 0 saturated carbocycles. The minimum Gasteiger partial charge on any atom is -0.492 e. The minimum atomic E-state index is -3.77. The first kappa shape index (κ1) is 23.6. The Morgan fingerprint density at radius 3 is 2.38 bits per heavy atom. The van der Waals surface area contributed by atoms with Crippen molar-refractivity contribution in [1.82, 2.24) is 5.32 Å². The van der Waals surface area contributed by atoms with Crippen molar-refractivity contribution in [2.75, 3.05) is 17.9 Å². The SMILES string of the molecule is CCCc1ccc(OCCNC(=O)c2ccc(NS(=O)(=O)c3ccccc3)c(Cl)c2)cc1. The van der Waals surface area contributed by atoms with E-state index in [1.807, 2.05) is 24.3 Å². The van der Waals surface area contributed by atoms with Gasteiger partial charge in [0.1, 0.15) is 12.4 Å². The summed E-state index contributed by atoms with van der Waals surface area (Å²) in [6.07, 6.45) is 2.13. The van der Waals surface area contributed by atoms with Crippen LogP contribution in [0.15, 0.2) is 77.7 Å². The van der Waals surface area contributed by atoms with Crippen molar-refractivity contribution in [1.29, 1.82) is 0 Å². The van der Waals surface area contributed by atoms with E-state index < -0.39 is 10.0 Å². The number of nitrogens with one attached hydrogen (secondary N) is 2. The first-order valence-electron chi connectivity index (χ1n) is 10.3. The lowest BCUT2D eigenvalue weighted by atomic mass is 10.1. The summed E-state index contributed by atoms with van der Waals surface area (Å²) >= 11 is 6.21. The van der Waals surface area contributed by atoms with Gasteiger partial charge >= 0.3 is 0 Å². The summed E-state index contributed by atoms with van der Waals surface area (Å²) in [5.74, 6) is 0.420. The number of anilines is 1. The number of carbonyl (C=O) groups is 1. The van der Waals surface area contributed by atoms with E-state index in [1.165, 1.54) is 35.9 Å². The fourth-order valence-electron chi connectivity index (χ4n) is 3.02. The van der Waals surface area contributed by atoms with Crippen molar-refractivity contribution in [3.63, 3.8) is 0 Å². The summed E-state index contributed by atoms with van der Waals surface area (Å²) in [5.41, 5.74) is 1.78. The van der Waals surface area contributed by atoms with Crippen LogP contribution in [0.3, 0.4) is 0 Å². The fraction of sp³-hybridized carbons (Fsp3) is 0.208. The van der Waals surface area contributed by atoms with Gasteiger partial charge in [-0.15, -0.1) is 0 Å². The van der Waals surface area contributed by atoms with Gasteiger partial charge < -0.3 is 10.1 Å². The number of halogens is 1. The second kappa shape index (κ2) is 11.0. The summed E-state index contributed by atoms with van der Waals surface area (Å²) in [6, 6.07) is 20.3. The van der Waals surface area contributed by atoms with Crippen LogP contribution in [0.25, 0.3) is 0 Å². The maximum atomic E-state index is 12.5. The average Bonchev–Trinajstić information content (AvgIpc) is 2.79. The Hall–Kier alpha value is -3.03. The zero-order chi connectivity index (χ0) is 23.0. The number of ether oxygens (including phenoxy) is 1. The molecule has 0 aliphatic rings. The lowest BCUT2D eigenvalue weighted by molar-refractivity contribution is 0.0947. The Kier molecular flexibility index (Phi) is 8.14. The van der Waals surface area contributed by atoms with Crippen LogP contribution >= 0.6 is 11.6 Å². The number of sulfonamides is 1. The van der Waals surface area contributed by atoms with Crippen LogP contribution in [0.5, 0.6) is 5.75 Å². The molecule has 0 aromatic heterocycles. The highest BCUT2D eigenvalue weighted by atomic mass is 35.5. The van der Waals surface area contributed by atoms with Gasteiger partial charge in [0.15, 0.2) is 0 Å². The van der Waals surface area contributed by atoms with Crippen molar-refractivity contribution in [3.05, 3.63) is 88.9 Å². The summed E-state index contributed by atoms with van der Waals surface area (Å²) in [6.45, 7) is 2.77. The zero-order valence-corrected chi connectivity index (χ0v) is 19.2. The molecular weight excluding hydrogens is 448 g/mol. The largest absolute Gasteiger partial charge is 0.492 e. The molecule has 6 nitrogen and oxygen atoms in total. The van der Waals surface area contributed by atoms with Crippen LogP contribution in [-0.2, 0) is 16.4 Å². The fourth-order valence-corrected chi connectivity index (χ4v) is 4.40. The highest BCUT2D eigenvalue weighted by molar-refractivity contribution is 7.92. The van der Waals surface area contributed by atoms with Gasteiger partial charge in [-0.1, -0.05) is 55.3 Å². The molecule has 0 aliphatic heterocycles. The molecular formula is C24H25ClN2O4S. The maximum absolute atomic E-state index is 12.5. The van der Waals surface area contributed by atoms with Crippen LogP contribution < -0.4 is 14.8 Å². The number of carbonyl (C=O) groups excluding carboxylic acids is 1. The van der Waals surface area contributed by atoms with Gasteiger partial charge in [-0.2, -0.15) is 0 Å². The summed E-state index contributed by atoms with van der Waals surface area (Å²) in [7, 11) is -3.77. The van der Waals surface area contributed by atoms with Crippen molar-refractivity contribution >= 4 is 33.2 Å². The summed E-state index contributed by atoms with van der Waals surface area (Å²) < 4.78 is 33.0. The normalized spacial score (nSPS) is 11.1. The van der Waals surface area contributed by atoms with Gasteiger partial charge in [0.05, 0.1) is 22.2 Å². The van der Waals surface area contributed by atoms with Gasteiger partial charge in [0.2, 0.25) is 0 Å². The number of hydrogen-bond donors (Lipinski definition) is 2. The maximum Gasteiger partial charge on any atom is 0.261 e. The lowest BCUT2D eigenvalue weighted by Crippen LogP contribution is -2.28. The predicted octanol–water partition coefficient (Wildman–Crippen LogP) is 4.90. The topological polar surface area (TPSA) is 84.5 Å². The van der Waals surface area contributed by atoms with Gasteiger partial charge in [-0.25, -0.2) is 8.42 Å². The standard InChI is InChI=1S/C24H25ClN2O4S/c1-2-6-18-9-12-20(13-10-18)31-16-15-26-24(28)19-11-14-23(22(25)17-19)27-32(29,30)21-7-4-3-5-8-21/h3-5,7-14,17,27H,2,6,15-16H2,1H3,(H,26,28). The monoisotopic (exact) mass is 472 g/mol. The van der Waals surface area contributed by atoms with Crippen molar-refractivity contribution in [2.24, 2.45) is 0 Å². The van der Waals surface area contributed by atoms with E-state index in [0.717, 1.165) is 18.6 Å². The molecule has 0 atom stereocenters. The molecule has 0 spiro atoms. The van der Waals surface area contributed by atoms with Crippen molar-refractivity contribution < 1.29 is 17.9 Å². The Bertz CT molecular complexity index is 1150. The smallest absolute Gasteiger partial charge is 0.261 e. The van der Waals surface area contributed by atoms with Gasteiger partial charge in [-0.05, 0) is 54.4 Å². The summed E-state index contributed by atoms with van der Waals surface area (Å²) in [5, 5.41) is 2.89. The molecule has 3 rings (SSSR count). The Morgan fingerprint density at radius 1 is 1.00 bits per heavy atom. The molecule has 2 N–H and O–H groups in total. The molecule has 3 aromatic rings. The molecule has 0 radical (unpaired) electrons. The molecule has 168 valence electrons. The molecule has 32 heavy (non-hydrogen) atoms. The number of benzene rings is 3. The van der Waals surface area contributed by atoms with E-state index in [4.69, 9.17) is 16.3 Å². The number of amides is 1. The van der Waals surface area contributed by atoms with Crippen LogP contribution in [0.1, 0.15) is 29.3 Å². The number of rotatable bonds is 10. The van der Waals surface area contributed by atoms with E-state index in [2.05, 4.69) is 17.0 Å². The molecule has 8 heteroatoms. The quantitative estimate of drug-likeness (QED) is 0.411. The van der Waals surface area contributed by atoms with Gasteiger partial charge in [-0.3, -0.25) is 9.52 Å². The minimum absolute atomic E-state index is 0.123. The average molecular weight is 473 g/mol. The van der Waals surface area contributed by atoms with E-state index in [-0.39, 0.29) is 21.5 Å². The van der Waals surface area contributed by atoms with Gasteiger partial charge in [0.25, 0.3) is 15.9 Å². The van der Waals surface area contributed by atoms with Crippen LogP contribution in [0.4, 0.5) is 5.69 Å². The third-order valence-corrected chi connectivity index (χ3v) is 6.34. The Morgan fingerprint density at radius 2 is 1.72 bits per heavy atom. The zero-order valence-electron chi connectivity index (χ0n) is 17.7. The van der Waals surface area contributed by atoms with E-state index in [9.17, 15) is 13.2 Å². The predicted molar refractivity (Wildman–Crippen MR) is 127 cm³/mol. The van der Waals surface area contributed by atoms with E-state index in [1.54, 1.807) is 18.2 Å². The first-order chi connectivity index (χ1) is 15.4. The summed E-state index contributed by atoms with van der Waals surface area (Å²) in [4.78, 5) is 12.5. The number of aryl methyl sites for hydroxylation is 1. The Labute approximate surface area is 193 Å². The molecule has 0 heterocycles. The molecule has 0 saturated heterocycles. The third kappa shape index (κ3) is 6.48. The highest BCUT2D eigenvalue weighted by Crippen LogP contribution is 2.26. The lowest BCUT2D eigenvalue weighted by Gasteiger charge is -2.11. The molecule has 3 aromatic carbocycles. The van der Waals surface area contributed by atoms with Crippen LogP contribution in [0.2, 0.25) is 5.02 Å². The Balaban J connectivity index is 1.52. The first-order valence-corrected chi connectivity index (χ1v) is 12.1. The van der Waals surface area contributed by atoms with Crippen molar-refractivity contribution in [2.45, 2.75) is 24.7 Å². The van der Waals surface area contributed by atoms with Crippen LogP contribution in [-0.4, -0.2) is 27.5 Å². The van der Waals surface area contributed by atoms with Crippen molar-refractivity contribution in [3.8, 4) is 5.75 Å². The number of hydrogen-bond acceptors (Lipinski definition) is 4. The highest BCUT2D eigenvalue weighted by Gasteiger charge is 2.16. The second-order valence-corrected chi connectivity index (χ2v) is 9.20. The molecule has 0 unspecified atom stereocenters. The van der Waals surface area contributed by atoms with Gasteiger partial charge in [0, 0.05) is 5.56 Å². The molecule has 0 fully saturated rings. The third-order valence-electron chi connectivity index (χ3n) is 4.65. The van der Waals surface area contributed by atoms with E-state index >= 15 is 0 Å². The molecule has 0 aliphatic carbocycles.